The number of aliphatic hydroxyl groups excluding tert-OH is 1. The molecule has 8 heteroatoms. The minimum atomic E-state index is -3.66. The molecule has 7 nitrogen and oxygen atoms in total. The molecule has 3 rings (SSSR count). The summed E-state index contributed by atoms with van der Waals surface area (Å²) in [5, 5.41) is 12.6. The Kier molecular flexibility index (Phi) is 7.23. The van der Waals surface area contributed by atoms with E-state index in [1.165, 1.54) is 6.07 Å². The second kappa shape index (κ2) is 9.86. The third-order valence-corrected chi connectivity index (χ3v) is 6.49. The molecule has 160 valence electrons. The fraction of sp³-hybridized carbons (Fsp3) is 0.364. The van der Waals surface area contributed by atoms with E-state index in [0.29, 0.717) is 12.0 Å². The van der Waals surface area contributed by atoms with Gasteiger partial charge in [-0.1, -0.05) is 62.2 Å². The van der Waals surface area contributed by atoms with Crippen molar-refractivity contribution in [1.82, 2.24) is 10.0 Å². The molecule has 2 atom stereocenters. The predicted octanol–water partition coefficient (Wildman–Crippen LogP) is 2.18. The normalized spacial score (nSPS) is 17.7. The molecule has 1 aliphatic rings. The first-order valence-corrected chi connectivity index (χ1v) is 11.6. The molecule has 0 saturated carbocycles. The van der Waals surface area contributed by atoms with E-state index in [2.05, 4.69) is 15.0 Å². The number of hydrogen-bond donors (Lipinski definition) is 3. The minimum absolute atomic E-state index is 0.0917. The van der Waals surface area contributed by atoms with E-state index in [9.17, 15) is 18.3 Å². The molecule has 2 aromatic carbocycles. The standard InChI is InChI=1S/C22H27N3O4S/c1-2-3-12-19(22(27)23-14-17(15-26)16-9-5-4-6-10-16)24-21-18-11-7-8-13-20(18)30(28,29)25-21/h4-11,13,17,19,26H,2-3,12,14-15H2,1H3,(H,23,27)(H,24,25)/t17-,19-/m0/s1. The van der Waals surface area contributed by atoms with Crippen LogP contribution in [0.15, 0.2) is 64.5 Å². The zero-order valence-electron chi connectivity index (χ0n) is 16.9. The van der Waals surface area contributed by atoms with Crippen LogP contribution in [0, 0.1) is 0 Å². The summed E-state index contributed by atoms with van der Waals surface area (Å²) >= 11 is 0. The van der Waals surface area contributed by atoms with Crippen molar-refractivity contribution in [3.05, 3.63) is 65.7 Å². The van der Waals surface area contributed by atoms with Gasteiger partial charge in [0.25, 0.3) is 10.0 Å². The maximum atomic E-state index is 12.9. The monoisotopic (exact) mass is 429 g/mol. The quantitative estimate of drug-likeness (QED) is 0.568. The predicted molar refractivity (Wildman–Crippen MR) is 116 cm³/mol. The molecular formula is C22H27N3O4S. The van der Waals surface area contributed by atoms with Crippen LogP contribution in [-0.4, -0.2) is 44.5 Å². The fourth-order valence-corrected chi connectivity index (χ4v) is 4.63. The highest BCUT2D eigenvalue weighted by molar-refractivity contribution is 7.90. The number of fused-ring (bicyclic) bond motifs is 1. The highest BCUT2D eigenvalue weighted by atomic mass is 32.2. The first-order chi connectivity index (χ1) is 14.5. The number of sulfonamides is 1. The van der Waals surface area contributed by atoms with Crippen molar-refractivity contribution >= 4 is 21.8 Å². The molecule has 0 bridgehead atoms. The third kappa shape index (κ3) is 5.06. The van der Waals surface area contributed by atoms with Crippen molar-refractivity contribution in [1.29, 1.82) is 0 Å². The van der Waals surface area contributed by atoms with Crippen LogP contribution >= 0.6 is 0 Å². The van der Waals surface area contributed by atoms with Crippen LogP contribution in [0.3, 0.4) is 0 Å². The highest BCUT2D eigenvalue weighted by Crippen LogP contribution is 2.23. The maximum absolute atomic E-state index is 12.9. The van der Waals surface area contributed by atoms with Gasteiger partial charge in [-0.3, -0.25) is 14.5 Å². The van der Waals surface area contributed by atoms with Crippen molar-refractivity contribution in [2.75, 3.05) is 13.2 Å². The van der Waals surface area contributed by atoms with E-state index in [0.717, 1.165) is 18.4 Å². The van der Waals surface area contributed by atoms with Gasteiger partial charge in [-0.25, -0.2) is 8.42 Å². The number of aliphatic imine (C=N–C) groups is 1. The molecular weight excluding hydrogens is 402 g/mol. The number of benzene rings is 2. The zero-order chi connectivity index (χ0) is 21.6. The molecule has 1 aliphatic heterocycles. The molecule has 0 saturated heterocycles. The number of rotatable bonds is 9. The lowest BCUT2D eigenvalue weighted by Crippen LogP contribution is -2.38. The average Bonchev–Trinajstić information content (AvgIpc) is 3.02. The van der Waals surface area contributed by atoms with Gasteiger partial charge in [-0.15, -0.1) is 0 Å². The molecule has 0 radical (unpaired) electrons. The number of nitrogens with zero attached hydrogens (tertiary/aromatic N) is 1. The van der Waals surface area contributed by atoms with Crippen molar-refractivity contribution < 1.29 is 18.3 Å². The lowest BCUT2D eigenvalue weighted by Gasteiger charge is -2.18. The van der Waals surface area contributed by atoms with Gasteiger partial charge in [0, 0.05) is 18.0 Å². The van der Waals surface area contributed by atoms with Crippen LogP contribution in [0.25, 0.3) is 0 Å². The number of carbonyl (C=O) groups excluding carboxylic acids is 1. The molecule has 3 N–H and O–H groups in total. The van der Waals surface area contributed by atoms with Gasteiger partial charge < -0.3 is 10.4 Å². The molecule has 0 unspecified atom stereocenters. The number of unbranched alkanes of at least 4 members (excludes halogenated alkanes) is 1. The maximum Gasteiger partial charge on any atom is 0.263 e. The van der Waals surface area contributed by atoms with Gasteiger partial charge in [-0.05, 0) is 24.1 Å². The van der Waals surface area contributed by atoms with Gasteiger partial charge in [0.1, 0.15) is 11.9 Å². The summed E-state index contributed by atoms with van der Waals surface area (Å²) in [4.78, 5) is 17.5. The lowest BCUT2D eigenvalue weighted by molar-refractivity contribution is -0.122. The number of nitrogens with one attached hydrogen (secondary N) is 2. The van der Waals surface area contributed by atoms with Crippen molar-refractivity contribution in [2.45, 2.75) is 43.0 Å². The topological polar surface area (TPSA) is 108 Å². The summed E-state index contributed by atoms with van der Waals surface area (Å²) < 4.78 is 27.1. The van der Waals surface area contributed by atoms with E-state index >= 15 is 0 Å². The third-order valence-electron chi connectivity index (χ3n) is 5.10. The summed E-state index contributed by atoms with van der Waals surface area (Å²) in [6.07, 6.45) is 2.18. The van der Waals surface area contributed by atoms with Gasteiger partial charge >= 0.3 is 0 Å². The number of hydrogen-bond acceptors (Lipinski definition) is 5. The molecule has 0 aliphatic carbocycles. The van der Waals surface area contributed by atoms with Gasteiger partial charge in [-0.2, -0.15) is 0 Å². The second-order valence-corrected chi connectivity index (χ2v) is 8.92. The Morgan fingerprint density at radius 1 is 1.13 bits per heavy atom. The number of carbonyl (C=O) groups is 1. The van der Waals surface area contributed by atoms with E-state index < -0.39 is 16.1 Å². The van der Waals surface area contributed by atoms with Crippen LogP contribution in [0.2, 0.25) is 0 Å². The molecule has 1 heterocycles. The highest BCUT2D eigenvalue weighted by Gasteiger charge is 2.31. The van der Waals surface area contributed by atoms with E-state index in [4.69, 9.17) is 0 Å². The Bertz CT molecular complexity index is 1010. The van der Waals surface area contributed by atoms with Crippen LogP contribution in [0.1, 0.15) is 43.2 Å². The molecule has 0 aromatic heterocycles. The van der Waals surface area contributed by atoms with Crippen molar-refractivity contribution in [3.8, 4) is 0 Å². The second-order valence-electron chi connectivity index (χ2n) is 7.27. The number of amides is 1. The smallest absolute Gasteiger partial charge is 0.263 e. The zero-order valence-corrected chi connectivity index (χ0v) is 17.7. The molecule has 0 spiro atoms. The van der Waals surface area contributed by atoms with Crippen molar-refractivity contribution in [2.24, 2.45) is 4.99 Å². The Morgan fingerprint density at radius 3 is 2.53 bits per heavy atom. The van der Waals surface area contributed by atoms with E-state index in [1.807, 2.05) is 37.3 Å². The van der Waals surface area contributed by atoms with E-state index in [-0.39, 0.29) is 35.7 Å². The molecule has 0 fully saturated rings. The van der Waals surface area contributed by atoms with Crippen LogP contribution in [-0.2, 0) is 14.8 Å². The van der Waals surface area contributed by atoms with Crippen LogP contribution < -0.4 is 10.0 Å². The van der Waals surface area contributed by atoms with Gasteiger partial charge in [0.2, 0.25) is 5.91 Å². The summed E-state index contributed by atoms with van der Waals surface area (Å²) in [5.74, 6) is -0.308. The summed E-state index contributed by atoms with van der Waals surface area (Å²) in [6.45, 7) is 2.20. The number of aliphatic hydroxyl groups is 1. The summed E-state index contributed by atoms with van der Waals surface area (Å²) in [6, 6.07) is 15.4. The first-order valence-electron chi connectivity index (χ1n) is 10.1. The minimum Gasteiger partial charge on any atom is -0.396 e. The van der Waals surface area contributed by atoms with Gasteiger partial charge in [0.05, 0.1) is 11.5 Å². The lowest BCUT2D eigenvalue weighted by atomic mass is 10.00. The Hall–Kier alpha value is -2.71. The largest absolute Gasteiger partial charge is 0.396 e. The van der Waals surface area contributed by atoms with Gasteiger partial charge in [0.15, 0.2) is 0 Å². The molecule has 1 amide bonds. The Labute approximate surface area is 177 Å². The Morgan fingerprint density at radius 2 is 1.83 bits per heavy atom. The summed E-state index contributed by atoms with van der Waals surface area (Å²) in [7, 11) is -3.66. The number of amidine groups is 1. The molecule has 30 heavy (non-hydrogen) atoms. The Balaban J connectivity index is 1.77. The summed E-state index contributed by atoms with van der Waals surface area (Å²) in [5.41, 5.74) is 1.42. The van der Waals surface area contributed by atoms with E-state index in [1.54, 1.807) is 18.2 Å². The SMILES string of the molecule is CCCC[C@H](N=C1NS(=O)(=O)c2ccccc21)C(=O)NC[C@@H](CO)c1ccccc1. The fourth-order valence-electron chi connectivity index (χ4n) is 3.39. The molecule has 2 aromatic rings. The van der Waals surface area contributed by atoms with Crippen LogP contribution in [0.5, 0.6) is 0 Å². The van der Waals surface area contributed by atoms with Crippen molar-refractivity contribution in [3.63, 3.8) is 0 Å². The first kappa shape index (κ1) is 22.0. The average molecular weight is 430 g/mol. The van der Waals surface area contributed by atoms with Crippen LogP contribution in [0.4, 0.5) is 0 Å².